The molecule has 14 heavy (non-hydrogen) atoms. The van der Waals surface area contributed by atoms with E-state index in [1.165, 1.54) is 5.57 Å². The van der Waals surface area contributed by atoms with E-state index in [0.717, 1.165) is 0 Å². The molecule has 0 radical (unpaired) electrons. The molecule has 1 aliphatic rings. The summed E-state index contributed by atoms with van der Waals surface area (Å²) in [7, 11) is 1.57. The second kappa shape index (κ2) is 4.31. The van der Waals surface area contributed by atoms with Gasteiger partial charge in [0.2, 0.25) is 0 Å². The van der Waals surface area contributed by atoms with Crippen molar-refractivity contribution >= 4 is 5.97 Å². The average Bonchev–Trinajstić information content (AvgIpc) is 2.42. The van der Waals surface area contributed by atoms with E-state index in [4.69, 9.17) is 9.47 Å². The fourth-order valence-electron chi connectivity index (χ4n) is 1.44. The van der Waals surface area contributed by atoms with Crippen LogP contribution in [0.25, 0.3) is 0 Å². The van der Waals surface area contributed by atoms with Gasteiger partial charge in [0.05, 0.1) is 12.7 Å². The van der Waals surface area contributed by atoms with E-state index in [9.17, 15) is 4.79 Å². The lowest BCUT2D eigenvalue weighted by Crippen LogP contribution is -2.13. The van der Waals surface area contributed by atoms with Gasteiger partial charge in [-0.05, 0) is 20.8 Å². The number of allylic oxidation sites excluding steroid dienone is 1. The minimum atomic E-state index is -0.268. The van der Waals surface area contributed by atoms with Gasteiger partial charge in [-0.3, -0.25) is 0 Å². The lowest BCUT2D eigenvalue weighted by atomic mass is 10.1. The number of methoxy groups -OCH3 is 1. The number of ether oxygens (including phenoxy) is 2. The van der Waals surface area contributed by atoms with Crippen LogP contribution >= 0.6 is 0 Å². The van der Waals surface area contributed by atoms with E-state index in [-0.39, 0.29) is 12.1 Å². The highest BCUT2D eigenvalue weighted by Gasteiger charge is 2.32. The summed E-state index contributed by atoms with van der Waals surface area (Å²) in [5.41, 5.74) is 1.77. The average molecular weight is 196 g/mol. The summed E-state index contributed by atoms with van der Waals surface area (Å²) in [4.78, 5) is 11.2. The second-order valence-electron chi connectivity index (χ2n) is 3.43. The van der Waals surface area contributed by atoms with Crippen LogP contribution in [0.5, 0.6) is 0 Å². The third-order valence-corrected chi connectivity index (χ3v) is 2.44. The number of hydrogen-bond donors (Lipinski definition) is 0. The highest BCUT2D eigenvalue weighted by atomic mass is 16.6. The summed E-state index contributed by atoms with van der Waals surface area (Å²) in [6, 6.07) is 0. The molecular weight excluding hydrogens is 180 g/mol. The van der Waals surface area contributed by atoms with Gasteiger partial charge in [0.1, 0.15) is 5.76 Å². The molecular formula is C11H16O3. The van der Waals surface area contributed by atoms with Crippen LogP contribution in [0.1, 0.15) is 27.2 Å². The maximum absolute atomic E-state index is 11.2. The highest BCUT2D eigenvalue weighted by molar-refractivity contribution is 5.91. The van der Waals surface area contributed by atoms with Crippen molar-refractivity contribution in [3.63, 3.8) is 0 Å². The van der Waals surface area contributed by atoms with E-state index in [0.29, 0.717) is 17.8 Å². The second-order valence-corrected chi connectivity index (χ2v) is 3.43. The van der Waals surface area contributed by atoms with E-state index < -0.39 is 0 Å². The van der Waals surface area contributed by atoms with Crippen LogP contribution in [0.2, 0.25) is 0 Å². The summed E-state index contributed by atoms with van der Waals surface area (Å²) in [6.45, 7) is 5.70. The molecule has 0 aromatic rings. The van der Waals surface area contributed by atoms with Gasteiger partial charge in [-0.15, -0.1) is 0 Å². The van der Waals surface area contributed by atoms with Gasteiger partial charge in [-0.1, -0.05) is 11.6 Å². The van der Waals surface area contributed by atoms with Crippen LogP contribution < -0.4 is 0 Å². The quantitative estimate of drug-likeness (QED) is 0.512. The summed E-state index contributed by atoms with van der Waals surface area (Å²) >= 11 is 0. The zero-order chi connectivity index (χ0) is 10.7. The molecule has 1 aliphatic heterocycles. The molecule has 0 fully saturated rings. The minimum Gasteiger partial charge on any atom is -0.497 e. The fourth-order valence-corrected chi connectivity index (χ4v) is 1.44. The van der Waals surface area contributed by atoms with E-state index in [1.807, 2.05) is 19.9 Å². The molecule has 1 unspecified atom stereocenters. The van der Waals surface area contributed by atoms with Gasteiger partial charge in [0, 0.05) is 6.42 Å². The Labute approximate surface area is 84.4 Å². The first-order valence-corrected chi connectivity index (χ1v) is 4.67. The Morgan fingerprint density at radius 3 is 2.79 bits per heavy atom. The molecule has 0 spiro atoms. The van der Waals surface area contributed by atoms with Crippen molar-refractivity contribution < 1.29 is 14.3 Å². The predicted molar refractivity (Wildman–Crippen MR) is 53.6 cm³/mol. The molecule has 1 atom stereocenters. The first kappa shape index (κ1) is 10.8. The van der Waals surface area contributed by atoms with Crippen LogP contribution in [0, 0.1) is 0 Å². The topological polar surface area (TPSA) is 35.5 Å². The normalized spacial score (nSPS) is 22.7. The lowest BCUT2D eigenvalue weighted by molar-refractivity contribution is -0.140. The van der Waals surface area contributed by atoms with Crippen LogP contribution in [0.15, 0.2) is 23.0 Å². The number of cyclic esters (lactones) is 1. The van der Waals surface area contributed by atoms with Gasteiger partial charge in [-0.2, -0.15) is 0 Å². The van der Waals surface area contributed by atoms with Gasteiger partial charge in [-0.25, -0.2) is 4.79 Å². The molecule has 3 heteroatoms. The largest absolute Gasteiger partial charge is 0.497 e. The van der Waals surface area contributed by atoms with Crippen LogP contribution in [0.3, 0.4) is 0 Å². The zero-order valence-electron chi connectivity index (χ0n) is 9.09. The maximum atomic E-state index is 11.2. The number of carbonyl (C=O) groups excluding carboxylic acids is 1. The molecule has 1 heterocycles. The van der Waals surface area contributed by atoms with Crippen molar-refractivity contribution in [1.82, 2.24) is 0 Å². The standard InChI is InChI=1S/C11H16O3/c1-5-7(2)6-9-10(13-4)8(3)11(12)14-9/h5,9H,6H2,1-4H3/b7-5+. The molecule has 0 saturated carbocycles. The van der Waals surface area contributed by atoms with Crippen LogP contribution in [-0.4, -0.2) is 19.2 Å². The van der Waals surface area contributed by atoms with Gasteiger partial charge in [0.25, 0.3) is 0 Å². The van der Waals surface area contributed by atoms with Crippen molar-refractivity contribution in [2.75, 3.05) is 7.11 Å². The van der Waals surface area contributed by atoms with Crippen molar-refractivity contribution in [2.24, 2.45) is 0 Å². The third kappa shape index (κ3) is 1.97. The fraction of sp³-hybridized carbons (Fsp3) is 0.545. The van der Waals surface area contributed by atoms with Crippen LogP contribution in [-0.2, 0) is 14.3 Å². The van der Waals surface area contributed by atoms with E-state index >= 15 is 0 Å². The molecule has 3 nitrogen and oxygen atoms in total. The van der Waals surface area contributed by atoms with Gasteiger partial charge >= 0.3 is 5.97 Å². The van der Waals surface area contributed by atoms with Gasteiger partial charge < -0.3 is 9.47 Å². The smallest absolute Gasteiger partial charge is 0.338 e. The van der Waals surface area contributed by atoms with Gasteiger partial charge in [0.15, 0.2) is 6.10 Å². The number of hydrogen-bond acceptors (Lipinski definition) is 3. The highest BCUT2D eigenvalue weighted by Crippen LogP contribution is 2.27. The summed E-state index contributed by atoms with van der Waals surface area (Å²) in [5.74, 6) is 0.395. The molecule has 0 N–H and O–H groups in total. The Bertz CT molecular complexity index is 300. The molecule has 0 aromatic heterocycles. The first-order chi connectivity index (χ1) is 6.60. The number of carbonyl (C=O) groups is 1. The van der Waals surface area contributed by atoms with Crippen LogP contribution in [0.4, 0.5) is 0 Å². The summed E-state index contributed by atoms with van der Waals surface area (Å²) in [6.07, 6.45) is 2.49. The number of esters is 1. The Morgan fingerprint density at radius 1 is 1.64 bits per heavy atom. The monoisotopic (exact) mass is 196 g/mol. The molecule has 0 bridgehead atoms. The third-order valence-electron chi connectivity index (χ3n) is 2.44. The summed E-state index contributed by atoms with van der Waals surface area (Å²) in [5, 5.41) is 0. The molecule has 0 aromatic carbocycles. The maximum Gasteiger partial charge on any atom is 0.338 e. The Kier molecular flexibility index (Phi) is 3.33. The SMILES string of the molecule is C/C=C(\C)CC1OC(=O)C(C)=C1OC. The van der Waals surface area contributed by atoms with Crippen molar-refractivity contribution in [3.05, 3.63) is 23.0 Å². The Balaban J connectivity index is 2.79. The Hall–Kier alpha value is -1.25. The summed E-state index contributed by atoms with van der Waals surface area (Å²) < 4.78 is 10.3. The lowest BCUT2D eigenvalue weighted by Gasteiger charge is -2.13. The molecule has 0 aliphatic carbocycles. The number of rotatable bonds is 3. The van der Waals surface area contributed by atoms with E-state index in [1.54, 1.807) is 14.0 Å². The zero-order valence-corrected chi connectivity index (χ0v) is 9.09. The van der Waals surface area contributed by atoms with Crippen molar-refractivity contribution in [1.29, 1.82) is 0 Å². The molecule has 1 rings (SSSR count). The van der Waals surface area contributed by atoms with Crippen molar-refractivity contribution in [3.8, 4) is 0 Å². The van der Waals surface area contributed by atoms with Crippen molar-refractivity contribution in [2.45, 2.75) is 33.3 Å². The molecule has 0 amide bonds. The van der Waals surface area contributed by atoms with E-state index in [2.05, 4.69) is 0 Å². The Morgan fingerprint density at radius 2 is 2.29 bits per heavy atom. The first-order valence-electron chi connectivity index (χ1n) is 4.67. The molecule has 0 saturated heterocycles. The molecule has 78 valence electrons. The predicted octanol–water partition coefficient (Wildman–Crippen LogP) is 2.19. The minimum absolute atomic E-state index is 0.233.